The molecule has 1 unspecified atom stereocenters. The maximum Gasteiger partial charge on any atom is 0.0843 e. The van der Waals surface area contributed by atoms with Gasteiger partial charge >= 0.3 is 0 Å². The van der Waals surface area contributed by atoms with Crippen LogP contribution in [-0.4, -0.2) is 6.54 Å². The van der Waals surface area contributed by atoms with E-state index in [4.69, 9.17) is 0 Å². The first kappa shape index (κ1) is 14.3. The Morgan fingerprint density at radius 3 is 2.56 bits per heavy atom. The molecule has 1 heterocycles. The highest BCUT2D eigenvalue weighted by Gasteiger charge is 2.06. The van der Waals surface area contributed by atoms with Crippen LogP contribution < -0.4 is 5.32 Å². The Kier molecular flexibility index (Phi) is 5.42. The Morgan fingerprint density at radius 1 is 1.22 bits per heavy atom. The highest BCUT2D eigenvalue weighted by atomic mass is 79.9. The van der Waals surface area contributed by atoms with Crippen molar-refractivity contribution in [3.8, 4) is 0 Å². The number of rotatable bonds is 5. The molecule has 2 rings (SSSR count). The van der Waals surface area contributed by atoms with Gasteiger partial charge in [0.1, 0.15) is 0 Å². The molecule has 1 N–H and O–H groups in total. The zero-order valence-corrected chi connectivity index (χ0v) is 14.1. The fraction of sp³-hybridized carbons (Fsp3) is 0.286. The predicted octanol–water partition coefficient (Wildman–Crippen LogP) is 5.17. The summed E-state index contributed by atoms with van der Waals surface area (Å²) in [6.07, 6.45) is 0. The third kappa shape index (κ3) is 3.92. The minimum atomic E-state index is 0.540. The molecule has 2 aromatic rings. The number of hydrogen-bond acceptors (Lipinski definition) is 2. The third-order valence-corrected chi connectivity index (χ3v) is 6.07. The molecular formula is C14H15Br2NS. The molecule has 0 aliphatic carbocycles. The van der Waals surface area contributed by atoms with Crippen molar-refractivity contribution in [2.75, 3.05) is 6.54 Å². The first-order valence-corrected chi connectivity index (χ1v) is 8.26. The molecule has 0 aliphatic heterocycles. The Morgan fingerprint density at radius 2 is 1.94 bits per heavy atom. The van der Waals surface area contributed by atoms with Gasteiger partial charge in [-0.1, -0.05) is 37.3 Å². The number of thiophene rings is 1. The van der Waals surface area contributed by atoms with E-state index in [-0.39, 0.29) is 0 Å². The van der Waals surface area contributed by atoms with Crippen molar-refractivity contribution >= 4 is 43.2 Å². The Balaban J connectivity index is 1.82. The van der Waals surface area contributed by atoms with Gasteiger partial charge in [0, 0.05) is 22.4 Å². The number of halogens is 2. The fourth-order valence-electron chi connectivity index (χ4n) is 1.79. The van der Waals surface area contributed by atoms with Gasteiger partial charge in [-0.05, 0) is 49.4 Å². The summed E-state index contributed by atoms with van der Waals surface area (Å²) in [5, 5.41) is 3.51. The summed E-state index contributed by atoms with van der Waals surface area (Å²) in [5.74, 6) is 0.540. The lowest BCUT2D eigenvalue weighted by molar-refractivity contribution is 0.619. The molecule has 0 aliphatic rings. The van der Waals surface area contributed by atoms with Crippen LogP contribution >= 0.6 is 43.2 Å². The van der Waals surface area contributed by atoms with E-state index < -0.39 is 0 Å². The highest BCUT2D eigenvalue weighted by Crippen LogP contribution is 2.32. The SMILES string of the molecule is CC(CNCc1cc(Br)c(Br)s1)c1ccccc1. The summed E-state index contributed by atoms with van der Waals surface area (Å²) >= 11 is 8.80. The summed E-state index contributed by atoms with van der Waals surface area (Å²) in [6.45, 7) is 4.17. The van der Waals surface area contributed by atoms with Crippen LogP contribution in [0.1, 0.15) is 23.3 Å². The van der Waals surface area contributed by atoms with E-state index in [1.54, 1.807) is 11.3 Å². The van der Waals surface area contributed by atoms with E-state index >= 15 is 0 Å². The maximum atomic E-state index is 3.52. The highest BCUT2D eigenvalue weighted by molar-refractivity contribution is 9.13. The molecule has 4 heteroatoms. The lowest BCUT2D eigenvalue weighted by Gasteiger charge is -2.12. The van der Waals surface area contributed by atoms with Crippen LogP contribution in [0.5, 0.6) is 0 Å². The zero-order chi connectivity index (χ0) is 13.0. The molecule has 0 saturated heterocycles. The van der Waals surface area contributed by atoms with Gasteiger partial charge in [0.25, 0.3) is 0 Å². The van der Waals surface area contributed by atoms with Crippen LogP contribution in [0.15, 0.2) is 44.7 Å². The summed E-state index contributed by atoms with van der Waals surface area (Å²) in [5.41, 5.74) is 1.39. The van der Waals surface area contributed by atoms with Gasteiger partial charge < -0.3 is 5.32 Å². The van der Waals surface area contributed by atoms with E-state index in [9.17, 15) is 0 Å². The van der Waals surface area contributed by atoms with Crippen molar-refractivity contribution in [3.63, 3.8) is 0 Å². The summed E-state index contributed by atoms with van der Waals surface area (Å²) in [7, 11) is 0. The van der Waals surface area contributed by atoms with Crippen LogP contribution in [0.3, 0.4) is 0 Å². The third-order valence-electron chi connectivity index (χ3n) is 2.81. The number of hydrogen-bond donors (Lipinski definition) is 1. The second kappa shape index (κ2) is 6.85. The number of benzene rings is 1. The van der Waals surface area contributed by atoms with Gasteiger partial charge in [-0.25, -0.2) is 0 Å². The first-order valence-electron chi connectivity index (χ1n) is 5.86. The van der Waals surface area contributed by atoms with Crippen LogP contribution in [-0.2, 0) is 6.54 Å². The monoisotopic (exact) mass is 387 g/mol. The Hall–Kier alpha value is -0.160. The summed E-state index contributed by atoms with van der Waals surface area (Å²) in [4.78, 5) is 1.34. The predicted molar refractivity (Wildman–Crippen MR) is 86.3 cm³/mol. The lowest BCUT2D eigenvalue weighted by atomic mass is 10.0. The Labute approximate surface area is 129 Å². The summed E-state index contributed by atoms with van der Waals surface area (Å²) in [6, 6.07) is 12.8. The van der Waals surface area contributed by atoms with Gasteiger partial charge in [-0.3, -0.25) is 0 Å². The second-order valence-corrected chi connectivity index (χ2v) is 7.59. The molecular weight excluding hydrogens is 374 g/mol. The minimum absolute atomic E-state index is 0.540. The van der Waals surface area contributed by atoms with E-state index in [2.05, 4.69) is 80.5 Å². The number of nitrogens with one attached hydrogen (secondary N) is 1. The minimum Gasteiger partial charge on any atom is -0.311 e. The average Bonchev–Trinajstić information content (AvgIpc) is 2.69. The topological polar surface area (TPSA) is 12.0 Å². The molecule has 0 amide bonds. The molecule has 0 bridgehead atoms. The van der Waals surface area contributed by atoms with Crippen LogP contribution in [0, 0.1) is 0 Å². The van der Waals surface area contributed by atoms with Gasteiger partial charge in [0.05, 0.1) is 3.79 Å². The zero-order valence-electron chi connectivity index (χ0n) is 10.1. The van der Waals surface area contributed by atoms with Crippen molar-refractivity contribution in [2.45, 2.75) is 19.4 Å². The summed E-state index contributed by atoms with van der Waals surface area (Å²) < 4.78 is 2.30. The average molecular weight is 389 g/mol. The van der Waals surface area contributed by atoms with E-state index in [1.165, 1.54) is 10.4 Å². The fourth-order valence-corrected chi connectivity index (χ4v) is 3.94. The van der Waals surface area contributed by atoms with Crippen LogP contribution in [0.4, 0.5) is 0 Å². The molecule has 1 nitrogen and oxygen atoms in total. The van der Waals surface area contributed by atoms with E-state index in [1.807, 2.05) is 0 Å². The van der Waals surface area contributed by atoms with Crippen LogP contribution in [0.2, 0.25) is 0 Å². The van der Waals surface area contributed by atoms with Gasteiger partial charge in [0.2, 0.25) is 0 Å². The molecule has 18 heavy (non-hydrogen) atoms. The largest absolute Gasteiger partial charge is 0.311 e. The molecule has 0 saturated carbocycles. The maximum absolute atomic E-state index is 3.52. The van der Waals surface area contributed by atoms with E-state index in [0.717, 1.165) is 21.3 Å². The van der Waals surface area contributed by atoms with Gasteiger partial charge in [-0.2, -0.15) is 0 Å². The standard InChI is InChI=1S/C14H15Br2NS/c1-10(11-5-3-2-4-6-11)8-17-9-12-7-13(15)14(16)18-12/h2-7,10,17H,8-9H2,1H3. The van der Waals surface area contributed by atoms with Gasteiger partial charge in [0.15, 0.2) is 0 Å². The first-order chi connectivity index (χ1) is 8.66. The van der Waals surface area contributed by atoms with E-state index in [0.29, 0.717) is 5.92 Å². The van der Waals surface area contributed by atoms with Crippen molar-refractivity contribution < 1.29 is 0 Å². The van der Waals surface area contributed by atoms with Crippen molar-refractivity contribution in [3.05, 3.63) is 55.1 Å². The lowest BCUT2D eigenvalue weighted by Crippen LogP contribution is -2.19. The Bertz CT molecular complexity index is 476. The quantitative estimate of drug-likeness (QED) is 0.745. The molecule has 1 aromatic carbocycles. The van der Waals surface area contributed by atoms with Crippen molar-refractivity contribution in [1.82, 2.24) is 5.32 Å². The molecule has 1 atom stereocenters. The smallest absolute Gasteiger partial charge is 0.0843 e. The van der Waals surface area contributed by atoms with Crippen molar-refractivity contribution in [2.24, 2.45) is 0 Å². The molecule has 96 valence electrons. The van der Waals surface area contributed by atoms with Gasteiger partial charge in [-0.15, -0.1) is 11.3 Å². The second-order valence-electron chi connectivity index (χ2n) is 4.28. The molecule has 0 radical (unpaired) electrons. The van der Waals surface area contributed by atoms with Crippen molar-refractivity contribution in [1.29, 1.82) is 0 Å². The normalized spacial score (nSPS) is 12.6. The molecule has 0 spiro atoms. The molecule has 0 fully saturated rings. The molecule has 1 aromatic heterocycles. The van der Waals surface area contributed by atoms with Crippen LogP contribution in [0.25, 0.3) is 0 Å².